The highest BCUT2D eigenvalue weighted by molar-refractivity contribution is 7.46. The van der Waals surface area contributed by atoms with Crippen molar-refractivity contribution in [1.82, 2.24) is 5.32 Å². The van der Waals surface area contributed by atoms with Crippen molar-refractivity contribution in [3.63, 3.8) is 0 Å². The molecule has 28 heavy (non-hydrogen) atoms. The number of nitrogens with two attached hydrogens (primary N) is 1. The molecule has 0 bridgehead atoms. The molecule has 0 aliphatic rings. The van der Waals surface area contributed by atoms with Crippen molar-refractivity contribution in [3.8, 4) is 0 Å². The fourth-order valence-corrected chi connectivity index (χ4v) is 2.64. The Kier molecular flexibility index (Phi) is 10.6. The molecule has 14 nitrogen and oxygen atoms in total. The number of rotatable bonds is 13. The summed E-state index contributed by atoms with van der Waals surface area (Å²) in [5, 5.41) is 11.3. The summed E-state index contributed by atoms with van der Waals surface area (Å²) in [6.07, 6.45) is -0.702. The summed E-state index contributed by atoms with van der Waals surface area (Å²) >= 11 is 0. The van der Waals surface area contributed by atoms with Crippen molar-refractivity contribution in [2.24, 2.45) is 17.6 Å². The Hall–Kier alpha value is -1.21. The van der Waals surface area contributed by atoms with E-state index >= 15 is 0 Å². The maximum Gasteiger partial charge on any atom is 0.469 e. The van der Waals surface area contributed by atoms with Gasteiger partial charge in [-0.15, -0.1) is 0 Å². The van der Waals surface area contributed by atoms with Gasteiger partial charge in [-0.3, -0.25) is 23.4 Å². The predicted molar refractivity (Wildman–Crippen MR) is 91.5 cm³/mol. The zero-order valence-corrected chi connectivity index (χ0v) is 16.8. The monoisotopic (exact) mass is 450 g/mol. The first kappa shape index (κ1) is 26.8. The van der Waals surface area contributed by atoms with Crippen LogP contribution in [0.3, 0.4) is 0 Å². The number of carbonyl (C=O) groups excluding carboxylic acids is 2. The van der Waals surface area contributed by atoms with Crippen LogP contribution in [0.5, 0.6) is 0 Å². The SMILES string of the molecule is CC(C)C(NC(=O)C(N)COP(=O)(O)O)C(=O)CC(COP(=O)(O)O)C(=O)O. The van der Waals surface area contributed by atoms with Crippen molar-refractivity contribution in [3.05, 3.63) is 0 Å². The first-order chi connectivity index (χ1) is 12.5. The number of hydrogen-bond donors (Lipinski definition) is 7. The van der Waals surface area contributed by atoms with Gasteiger partial charge in [-0.2, -0.15) is 0 Å². The van der Waals surface area contributed by atoms with E-state index in [1.54, 1.807) is 0 Å². The van der Waals surface area contributed by atoms with Crippen LogP contribution < -0.4 is 11.1 Å². The molecule has 0 aliphatic carbocycles. The van der Waals surface area contributed by atoms with Crippen LogP contribution in [-0.2, 0) is 32.6 Å². The van der Waals surface area contributed by atoms with Gasteiger partial charge in [0, 0.05) is 6.42 Å². The van der Waals surface area contributed by atoms with E-state index in [-0.39, 0.29) is 0 Å². The lowest BCUT2D eigenvalue weighted by molar-refractivity contribution is -0.145. The summed E-state index contributed by atoms with van der Waals surface area (Å²) in [5.41, 5.74) is 5.43. The molecule has 0 aromatic carbocycles. The molecule has 0 fully saturated rings. The second-order valence-electron chi connectivity index (χ2n) is 6.12. The molecule has 164 valence electrons. The van der Waals surface area contributed by atoms with Gasteiger partial charge in [0.05, 0.1) is 25.2 Å². The minimum Gasteiger partial charge on any atom is -0.481 e. The Labute approximate surface area is 159 Å². The highest BCUT2D eigenvalue weighted by atomic mass is 31.2. The van der Waals surface area contributed by atoms with Gasteiger partial charge in [0.1, 0.15) is 6.04 Å². The maximum absolute atomic E-state index is 12.4. The molecule has 0 aliphatic heterocycles. The molecule has 0 saturated heterocycles. The molecule has 0 rings (SSSR count). The van der Waals surface area contributed by atoms with Gasteiger partial charge in [-0.25, -0.2) is 9.13 Å². The van der Waals surface area contributed by atoms with Gasteiger partial charge in [0.2, 0.25) is 5.91 Å². The van der Waals surface area contributed by atoms with Crippen LogP contribution in [0, 0.1) is 11.8 Å². The Morgan fingerprint density at radius 2 is 1.46 bits per heavy atom. The van der Waals surface area contributed by atoms with Crippen molar-refractivity contribution in [2.75, 3.05) is 13.2 Å². The third-order valence-corrected chi connectivity index (χ3v) is 4.28. The molecule has 0 radical (unpaired) electrons. The van der Waals surface area contributed by atoms with E-state index in [4.69, 9.17) is 30.4 Å². The van der Waals surface area contributed by atoms with Crippen molar-refractivity contribution in [2.45, 2.75) is 32.4 Å². The lowest BCUT2D eigenvalue weighted by atomic mass is 9.92. The number of carboxylic acids is 1. The average Bonchev–Trinajstić information content (AvgIpc) is 2.51. The number of amides is 1. The summed E-state index contributed by atoms with van der Waals surface area (Å²) in [7, 11) is -9.79. The number of ketones is 1. The third kappa shape index (κ3) is 11.6. The Balaban J connectivity index is 5.02. The lowest BCUT2D eigenvalue weighted by Gasteiger charge is -2.24. The van der Waals surface area contributed by atoms with Gasteiger partial charge in [-0.1, -0.05) is 13.8 Å². The van der Waals surface area contributed by atoms with E-state index in [0.29, 0.717) is 0 Å². The number of hydrogen-bond acceptors (Lipinski definition) is 8. The van der Waals surface area contributed by atoms with E-state index in [0.717, 1.165) is 0 Å². The van der Waals surface area contributed by atoms with E-state index in [1.807, 2.05) is 0 Å². The first-order valence-electron chi connectivity index (χ1n) is 7.75. The average molecular weight is 450 g/mol. The Morgan fingerprint density at radius 3 is 1.86 bits per heavy atom. The van der Waals surface area contributed by atoms with E-state index in [2.05, 4.69) is 14.4 Å². The molecule has 3 atom stereocenters. The normalized spacial score (nSPS) is 15.7. The largest absolute Gasteiger partial charge is 0.481 e. The van der Waals surface area contributed by atoms with Crippen molar-refractivity contribution in [1.29, 1.82) is 0 Å². The summed E-state index contributed by atoms with van der Waals surface area (Å²) in [6, 6.07) is -2.74. The van der Waals surface area contributed by atoms with Crippen LogP contribution in [0.15, 0.2) is 0 Å². The fourth-order valence-electron chi connectivity index (χ4n) is 1.91. The zero-order chi connectivity index (χ0) is 22.3. The number of phosphoric acid groups is 2. The number of phosphoric ester groups is 2. The van der Waals surface area contributed by atoms with Gasteiger partial charge in [0.25, 0.3) is 0 Å². The van der Waals surface area contributed by atoms with Gasteiger partial charge in [0.15, 0.2) is 5.78 Å². The van der Waals surface area contributed by atoms with Crippen LogP contribution in [0.4, 0.5) is 0 Å². The molecule has 16 heteroatoms. The maximum atomic E-state index is 12.4. The molecule has 8 N–H and O–H groups in total. The molecule has 0 spiro atoms. The number of nitrogens with one attached hydrogen (secondary N) is 1. The van der Waals surface area contributed by atoms with Crippen LogP contribution >= 0.6 is 15.6 Å². The van der Waals surface area contributed by atoms with Crippen molar-refractivity contribution >= 4 is 33.3 Å². The van der Waals surface area contributed by atoms with Crippen LogP contribution in [-0.4, -0.2) is 67.6 Å². The smallest absolute Gasteiger partial charge is 0.469 e. The second kappa shape index (κ2) is 11.1. The molecular formula is C12H24N2O12P2. The van der Waals surface area contributed by atoms with Crippen LogP contribution in [0.25, 0.3) is 0 Å². The topological polar surface area (TPSA) is 243 Å². The highest BCUT2D eigenvalue weighted by Crippen LogP contribution is 2.37. The number of carboxylic acid groups (broad SMARTS) is 1. The summed E-state index contributed by atoms with van der Waals surface area (Å²) in [4.78, 5) is 70.0. The lowest BCUT2D eigenvalue weighted by Crippen LogP contribution is -2.52. The van der Waals surface area contributed by atoms with E-state index < -0.39 is 76.9 Å². The minimum atomic E-state index is -4.94. The molecule has 0 aromatic rings. The van der Waals surface area contributed by atoms with Crippen molar-refractivity contribution < 1.29 is 57.2 Å². The minimum absolute atomic E-state index is 0.525. The van der Waals surface area contributed by atoms with Gasteiger partial charge >= 0.3 is 21.6 Å². The Bertz CT molecular complexity index is 657. The summed E-state index contributed by atoms with van der Waals surface area (Å²) < 4.78 is 29.5. The van der Waals surface area contributed by atoms with Gasteiger partial charge in [-0.05, 0) is 5.92 Å². The molecule has 1 amide bonds. The standard InChI is InChI=1S/C12H24N2O12P2/c1-6(2)10(14-11(16)8(13)5-26-28(22,23)24)9(15)3-7(12(17)18)4-25-27(19,20)21/h6-8,10H,3-5,13H2,1-2H3,(H,14,16)(H,17,18)(H2,19,20,21)(H2,22,23,24). The molecular weight excluding hydrogens is 426 g/mol. The zero-order valence-electron chi connectivity index (χ0n) is 15.0. The Morgan fingerprint density at radius 1 is 1.00 bits per heavy atom. The molecule has 3 unspecified atom stereocenters. The van der Waals surface area contributed by atoms with Gasteiger partial charge < -0.3 is 35.7 Å². The fraction of sp³-hybridized carbons (Fsp3) is 0.750. The number of Topliss-reactive ketones (excluding diaryl/α,β-unsaturated/α-hetero) is 1. The first-order valence-corrected chi connectivity index (χ1v) is 10.8. The summed E-state index contributed by atoms with van der Waals surface area (Å²) in [6.45, 7) is 1.30. The van der Waals surface area contributed by atoms with Crippen LogP contribution in [0.2, 0.25) is 0 Å². The quantitative estimate of drug-likeness (QED) is 0.155. The third-order valence-electron chi connectivity index (χ3n) is 3.31. The second-order valence-corrected chi connectivity index (χ2v) is 8.59. The predicted octanol–water partition coefficient (Wildman–Crippen LogP) is -1.67. The number of carbonyl (C=O) groups is 3. The highest BCUT2D eigenvalue weighted by Gasteiger charge is 2.32. The molecule has 0 aromatic heterocycles. The number of aliphatic carboxylic acids is 1. The molecule has 0 saturated carbocycles. The van der Waals surface area contributed by atoms with E-state index in [1.165, 1.54) is 13.8 Å². The molecule has 0 heterocycles. The van der Waals surface area contributed by atoms with Crippen LogP contribution in [0.1, 0.15) is 20.3 Å². The summed E-state index contributed by atoms with van der Waals surface area (Å²) in [5.74, 6) is -5.39. The van der Waals surface area contributed by atoms with E-state index in [9.17, 15) is 23.5 Å².